The quantitative estimate of drug-likeness (QED) is 0.932. The number of hydrogen-bond acceptors (Lipinski definition) is 4. The number of fused-ring (bicyclic) bond motifs is 1. The van der Waals surface area contributed by atoms with Gasteiger partial charge in [0.15, 0.2) is 0 Å². The maximum Gasteiger partial charge on any atom is 0.146 e. The second kappa shape index (κ2) is 6.95. The second-order valence-electron chi connectivity index (χ2n) is 6.51. The maximum atomic E-state index is 14.5. The number of halogens is 1. The van der Waals surface area contributed by atoms with Gasteiger partial charge in [0, 0.05) is 37.7 Å². The summed E-state index contributed by atoms with van der Waals surface area (Å²) in [6.07, 6.45) is 5.01. The van der Waals surface area contributed by atoms with Crippen molar-refractivity contribution in [1.29, 1.82) is 0 Å². The van der Waals surface area contributed by atoms with E-state index >= 15 is 0 Å². The highest BCUT2D eigenvalue weighted by Crippen LogP contribution is 2.31. The number of nitrogens with zero attached hydrogens (tertiary/aromatic N) is 1. The molecule has 4 rings (SSSR count). The monoisotopic (exact) mass is 330 g/mol. The molecule has 2 heterocycles. The third-order valence-corrected chi connectivity index (χ3v) is 4.97. The Morgan fingerprint density at radius 2 is 2.08 bits per heavy atom. The van der Waals surface area contributed by atoms with Crippen molar-refractivity contribution in [3.05, 3.63) is 53.2 Å². The molecule has 1 aromatic heterocycles. The summed E-state index contributed by atoms with van der Waals surface area (Å²) in [6, 6.07) is 7.90. The van der Waals surface area contributed by atoms with Gasteiger partial charge in [0.25, 0.3) is 0 Å². The third kappa shape index (κ3) is 3.19. The number of aryl methyl sites for hydroxylation is 1. The number of anilines is 1. The van der Waals surface area contributed by atoms with Crippen molar-refractivity contribution in [2.45, 2.75) is 31.8 Å². The van der Waals surface area contributed by atoms with E-state index in [1.165, 1.54) is 5.56 Å². The van der Waals surface area contributed by atoms with Gasteiger partial charge < -0.3 is 19.4 Å². The predicted molar refractivity (Wildman–Crippen MR) is 90.7 cm³/mol. The fraction of sp³-hybridized carbons (Fsp3) is 0.474. The van der Waals surface area contributed by atoms with Crippen molar-refractivity contribution in [2.75, 3.05) is 31.2 Å². The molecule has 1 fully saturated rings. The van der Waals surface area contributed by atoms with Crippen LogP contribution in [0.2, 0.25) is 0 Å². The van der Waals surface area contributed by atoms with Crippen molar-refractivity contribution in [1.82, 2.24) is 5.32 Å². The second-order valence-corrected chi connectivity index (χ2v) is 6.51. The van der Waals surface area contributed by atoms with Gasteiger partial charge in [0.05, 0.1) is 25.2 Å². The van der Waals surface area contributed by atoms with Crippen LogP contribution in [-0.2, 0) is 17.7 Å². The Morgan fingerprint density at radius 1 is 1.21 bits per heavy atom. The molecule has 1 aromatic carbocycles. The van der Waals surface area contributed by atoms with Gasteiger partial charge in [-0.25, -0.2) is 4.39 Å². The van der Waals surface area contributed by atoms with Crippen LogP contribution in [0, 0.1) is 5.82 Å². The molecule has 0 spiro atoms. The zero-order valence-electron chi connectivity index (χ0n) is 13.8. The number of rotatable bonds is 4. The molecule has 2 aliphatic rings. The van der Waals surface area contributed by atoms with Crippen LogP contribution in [0.4, 0.5) is 10.1 Å². The van der Waals surface area contributed by atoms with Crippen LogP contribution in [0.5, 0.6) is 0 Å². The molecule has 0 amide bonds. The molecule has 5 heteroatoms. The fourth-order valence-corrected chi connectivity index (χ4v) is 3.66. The van der Waals surface area contributed by atoms with Crippen molar-refractivity contribution in [3.63, 3.8) is 0 Å². The van der Waals surface area contributed by atoms with Gasteiger partial charge in [-0.05, 0) is 36.6 Å². The number of hydrogen-bond donors (Lipinski definition) is 1. The van der Waals surface area contributed by atoms with Crippen LogP contribution >= 0.6 is 0 Å². The van der Waals surface area contributed by atoms with Crippen molar-refractivity contribution >= 4 is 5.69 Å². The third-order valence-electron chi connectivity index (χ3n) is 4.97. The maximum absolute atomic E-state index is 14.5. The van der Waals surface area contributed by atoms with Gasteiger partial charge in [-0.2, -0.15) is 0 Å². The summed E-state index contributed by atoms with van der Waals surface area (Å²) in [5.74, 6) is 0.941. The predicted octanol–water partition coefficient (Wildman–Crippen LogP) is 3.42. The first-order valence-electron chi connectivity index (χ1n) is 8.72. The van der Waals surface area contributed by atoms with Crippen molar-refractivity contribution < 1.29 is 13.5 Å². The molecule has 128 valence electrons. The molecule has 1 saturated heterocycles. The van der Waals surface area contributed by atoms with E-state index in [4.69, 9.17) is 9.15 Å². The molecule has 0 unspecified atom stereocenters. The van der Waals surface area contributed by atoms with E-state index in [9.17, 15) is 4.39 Å². The first kappa shape index (κ1) is 15.7. The highest BCUT2D eigenvalue weighted by Gasteiger charge is 2.22. The molecule has 1 atom stereocenters. The SMILES string of the molecule is Fc1cc(CN[C@@H]2CCCc3occc32)ccc1N1CCOCC1. The number of ether oxygens (including phenoxy) is 1. The van der Waals surface area contributed by atoms with Crippen molar-refractivity contribution in [3.8, 4) is 0 Å². The molecule has 2 aromatic rings. The zero-order valence-corrected chi connectivity index (χ0v) is 13.8. The van der Waals surface area contributed by atoms with Crippen LogP contribution in [0.25, 0.3) is 0 Å². The largest absolute Gasteiger partial charge is 0.469 e. The van der Waals surface area contributed by atoms with E-state index in [0.29, 0.717) is 31.5 Å². The number of nitrogens with one attached hydrogen (secondary N) is 1. The highest BCUT2D eigenvalue weighted by molar-refractivity contribution is 5.49. The van der Waals surface area contributed by atoms with Gasteiger partial charge in [-0.15, -0.1) is 0 Å². The summed E-state index contributed by atoms with van der Waals surface area (Å²) >= 11 is 0. The van der Waals surface area contributed by atoms with Gasteiger partial charge in [0.1, 0.15) is 11.6 Å². The molecule has 4 nitrogen and oxygen atoms in total. The molecule has 0 bridgehead atoms. The van der Waals surface area contributed by atoms with Crippen molar-refractivity contribution in [2.24, 2.45) is 0 Å². The van der Waals surface area contributed by atoms with Crippen LogP contribution < -0.4 is 10.2 Å². The first-order chi connectivity index (χ1) is 11.8. The van der Waals surface area contributed by atoms with E-state index < -0.39 is 0 Å². The Kier molecular flexibility index (Phi) is 4.54. The number of morpholine rings is 1. The van der Waals surface area contributed by atoms with Gasteiger partial charge in [0.2, 0.25) is 0 Å². The van der Waals surface area contributed by atoms with Crippen LogP contribution in [0.1, 0.15) is 35.8 Å². The Labute approximate surface area is 141 Å². The topological polar surface area (TPSA) is 37.6 Å². The lowest BCUT2D eigenvalue weighted by Gasteiger charge is -2.29. The lowest BCUT2D eigenvalue weighted by Crippen LogP contribution is -2.36. The molecule has 1 aliphatic heterocycles. The minimum absolute atomic E-state index is 0.149. The van der Waals surface area contributed by atoms with E-state index in [1.54, 1.807) is 12.3 Å². The normalized spacial score (nSPS) is 20.9. The molecule has 24 heavy (non-hydrogen) atoms. The number of benzene rings is 1. The van der Waals surface area contributed by atoms with E-state index in [0.717, 1.165) is 43.7 Å². The summed E-state index contributed by atoms with van der Waals surface area (Å²) in [6.45, 7) is 3.49. The van der Waals surface area contributed by atoms with Gasteiger partial charge in [-0.1, -0.05) is 6.07 Å². The average Bonchev–Trinajstić information content (AvgIpc) is 3.10. The Hall–Kier alpha value is -1.85. The average molecular weight is 330 g/mol. The standard InChI is InChI=1S/C19H23FN2O2/c20-16-12-14(4-5-18(16)22-7-10-23-11-8-22)13-21-17-2-1-3-19-15(17)6-9-24-19/h4-6,9,12,17,21H,1-3,7-8,10-11,13H2/t17-/m1/s1. The minimum atomic E-state index is -0.149. The Balaban J connectivity index is 1.42. The summed E-state index contributed by atoms with van der Waals surface area (Å²) in [7, 11) is 0. The Bertz CT molecular complexity index is 694. The summed E-state index contributed by atoms with van der Waals surface area (Å²) < 4.78 is 25.3. The fourth-order valence-electron chi connectivity index (χ4n) is 3.66. The van der Waals surface area contributed by atoms with Crippen LogP contribution in [-0.4, -0.2) is 26.3 Å². The molecular weight excluding hydrogens is 307 g/mol. The van der Waals surface area contributed by atoms with E-state index in [2.05, 4.69) is 10.2 Å². The van der Waals surface area contributed by atoms with Gasteiger partial charge in [-0.3, -0.25) is 0 Å². The molecular formula is C19H23FN2O2. The van der Waals surface area contributed by atoms with E-state index in [1.807, 2.05) is 18.2 Å². The molecule has 1 aliphatic carbocycles. The molecule has 0 radical (unpaired) electrons. The smallest absolute Gasteiger partial charge is 0.146 e. The van der Waals surface area contributed by atoms with Crippen LogP contribution in [0.3, 0.4) is 0 Å². The molecule has 0 saturated carbocycles. The highest BCUT2D eigenvalue weighted by atomic mass is 19.1. The van der Waals surface area contributed by atoms with Crippen LogP contribution in [0.15, 0.2) is 34.9 Å². The van der Waals surface area contributed by atoms with Gasteiger partial charge >= 0.3 is 0 Å². The summed E-state index contributed by atoms with van der Waals surface area (Å²) in [5, 5.41) is 3.55. The Morgan fingerprint density at radius 3 is 2.92 bits per heavy atom. The first-order valence-corrected chi connectivity index (χ1v) is 8.72. The summed E-state index contributed by atoms with van der Waals surface area (Å²) in [5.41, 5.74) is 2.91. The summed E-state index contributed by atoms with van der Waals surface area (Å²) in [4.78, 5) is 2.05. The zero-order chi connectivity index (χ0) is 16.4. The number of furan rings is 1. The lowest BCUT2D eigenvalue weighted by molar-refractivity contribution is 0.122. The minimum Gasteiger partial charge on any atom is -0.469 e. The lowest BCUT2D eigenvalue weighted by atomic mass is 9.93. The van der Waals surface area contributed by atoms with E-state index in [-0.39, 0.29) is 5.82 Å². The molecule has 1 N–H and O–H groups in total.